The Bertz CT molecular complexity index is 663. The number of fused-ring (bicyclic) bond motifs is 1. The third kappa shape index (κ3) is 2.02. The Labute approximate surface area is 116 Å². The maximum absolute atomic E-state index is 12.2. The van der Waals surface area contributed by atoms with Gasteiger partial charge in [0.2, 0.25) is 0 Å². The van der Waals surface area contributed by atoms with Crippen molar-refractivity contribution >= 4 is 17.4 Å². The smallest absolute Gasteiger partial charge is 0.170 e. The van der Waals surface area contributed by atoms with Crippen LogP contribution in [0, 0.1) is 6.92 Å². The molecule has 4 nitrogen and oxygen atoms in total. The number of nitrogens with zero attached hydrogens (tertiary/aromatic N) is 2. The monoisotopic (exact) mass is 276 g/mol. The summed E-state index contributed by atoms with van der Waals surface area (Å²) in [5.74, 6) is 1.37. The molecule has 1 atom stereocenters. The van der Waals surface area contributed by atoms with Crippen molar-refractivity contribution in [2.24, 2.45) is 7.05 Å². The number of carbonyl (C=O) groups is 1. The van der Waals surface area contributed by atoms with Crippen molar-refractivity contribution in [2.75, 3.05) is 0 Å². The average molecular weight is 277 g/mol. The number of ether oxygens (including phenoxy) is 1. The van der Waals surface area contributed by atoms with Crippen molar-refractivity contribution in [1.82, 2.24) is 9.55 Å². The molecule has 1 aliphatic heterocycles. The summed E-state index contributed by atoms with van der Waals surface area (Å²) in [5, 5.41) is 0.528. The second-order valence-electron chi connectivity index (χ2n) is 4.73. The lowest BCUT2D eigenvalue weighted by atomic mass is 9.98. The van der Waals surface area contributed by atoms with Gasteiger partial charge < -0.3 is 9.30 Å². The van der Waals surface area contributed by atoms with E-state index in [-0.39, 0.29) is 18.3 Å². The summed E-state index contributed by atoms with van der Waals surface area (Å²) in [6.07, 6.45) is 1.48. The summed E-state index contributed by atoms with van der Waals surface area (Å²) in [5.41, 5.74) is 1.70. The highest BCUT2D eigenvalue weighted by molar-refractivity contribution is 6.29. The zero-order valence-electron chi connectivity index (χ0n) is 10.7. The van der Waals surface area contributed by atoms with Crippen molar-refractivity contribution in [1.29, 1.82) is 0 Å². The molecular formula is C14H13ClN2O2. The molecule has 0 saturated carbocycles. The molecule has 0 fully saturated rings. The zero-order valence-corrected chi connectivity index (χ0v) is 11.4. The molecule has 19 heavy (non-hydrogen) atoms. The van der Waals surface area contributed by atoms with Crippen LogP contribution < -0.4 is 4.74 Å². The molecule has 5 heteroatoms. The van der Waals surface area contributed by atoms with Crippen molar-refractivity contribution in [3.63, 3.8) is 0 Å². The van der Waals surface area contributed by atoms with Gasteiger partial charge in [0.05, 0.1) is 18.2 Å². The quantitative estimate of drug-likeness (QED) is 0.804. The highest BCUT2D eigenvalue weighted by Crippen LogP contribution is 2.35. The van der Waals surface area contributed by atoms with Crippen LogP contribution in [0.25, 0.3) is 0 Å². The van der Waals surface area contributed by atoms with E-state index in [0.29, 0.717) is 22.3 Å². The highest BCUT2D eigenvalue weighted by atomic mass is 35.5. The van der Waals surface area contributed by atoms with Crippen LogP contribution in [0.3, 0.4) is 0 Å². The van der Waals surface area contributed by atoms with E-state index in [0.717, 1.165) is 5.56 Å². The standard InChI is InChI=1S/C14H13ClN2O2/c1-8-3-4-11-9(5-8)10(18)6-12(19-11)14-16-7-13(15)17(14)2/h3-5,7,12H,6H2,1-2H3. The van der Waals surface area contributed by atoms with Gasteiger partial charge in [0.15, 0.2) is 17.7 Å². The van der Waals surface area contributed by atoms with Crippen molar-refractivity contribution in [2.45, 2.75) is 19.4 Å². The summed E-state index contributed by atoms with van der Waals surface area (Å²) in [7, 11) is 1.81. The molecule has 2 heterocycles. The zero-order chi connectivity index (χ0) is 13.6. The molecule has 0 radical (unpaired) electrons. The van der Waals surface area contributed by atoms with Crippen LogP contribution in [0.15, 0.2) is 24.4 Å². The van der Waals surface area contributed by atoms with Gasteiger partial charge in [0, 0.05) is 7.05 Å². The van der Waals surface area contributed by atoms with E-state index in [9.17, 15) is 4.79 Å². The van der Waals surface area contributed by atoms with Crippen LogP contribution in [0.2, 0.25) is 5.15 Å². The first-order valence-corrected chi connectivity index (χ1v) is 6.41. The lowest BCUT2D eigenvalue weighted by Crippen LogP contribution is -2.23. The Morgan fingerprint density at radius 2 is 2.26 bits per heavy atom. The number of rotatable bonds is 1. The van der Waals surface area contributed by atoms with Crippen LogP contribution >= 0.6 is 11.6 Å². The van der Waals surface area contributed by atoms with Gasteiger partial charge in [0.1, 0.15) is 10.9 Å². The third-order valence-corrected chi connectivity index (χ3v) is 3.68. The minimum absolute atomic E-state index is 0.0778. The van der Waals surface area contributed by atoms with Crippen LogP contribution in [0.1, 0.15) is 34.3 Å². The van der Waals surface area contributed by atoms with Gasteiger partial charge in [-0.3, -0.25) is 4.79 Å². The van der Waals surface area contributed by atoms with Gasteiger partial charge in [-0.15, -0.1) is 0 Å². The Hall–Kier alpha value is -1.81. The van der Waals surface area contributed by atoms with Crippen molar-refractivity contribution in [3.05, 3.63) is 46.5 Å². The molecule has 3 rings (SSSR count). The van der Waals surface area contributed by atoms with Crippen molar-refractivity contribution < 1.29 is 9.53 Å². The highest BCUT2D eigenvalue weighted by Gasteiger charge is 2.30. The fourth-order valence-electron chi connectivity index (χ4n) is 2.28. The van der Waals surface area contributed by atoms with Crippen LogP contribution in [-0.4, -0.2) is 15.3 Å². The first-order valence-electron chi connectivity index (χ1n) is 6.04. The van der Waals surface area contributed by atoms with E-state index in [1.54, 1.807) is 10.8 Å². The number of halogens is 1. The second-order valence-corrected chi connectivity index (χ2v) is 5.12. The molecule has 0 aliphatic carbocycles. The lowest BCUT2D eigenvalue weighted by Gasteiger charge is -2.25. The number of imidazole rings is 1. The summed E-state index contributed by atoms with van der Waals surface area (Å²) in [4.78, 5) is 16.4. The van der Waals surface area contributed by atoms with Gasteiger partial charge in [-0.05, 0) is 19.1 Å². The Morgan fingerprint density at radius 1 is 1.47 bits per heavy atom. The first-order chi connectivity index (χ1) is 9.06. The first kappa shape index (κ1) is 12.2. The van der Waals surface area contributed by atoms with E-state index in [2.05, 4.69) is 4.98 Å². The van der Waals surface area contributed by atoms with E-state index in [1.165, 1.54) is 0 Å². The Kier molecular flexibility index (Phi) is 2.82. The van der Waals surface area contributed by atoms with Gasteiger partial charge in [-0.25, -0.2) is 4.98 Å². The van der Waals surface area contributed by atoms with Crippen LogP contribution in [-0.2, 0) is 7.05 Å². The molecule has 1 aliphatic rings. The van der Waals surface area contributed by atoms with Gasteiger partial charge in [-0.2, -0.15) is 0 Å². The molecule has 0 amide bonds. The summed E-state index contributed by atoms with van der Waals surface area (Å²) < 4.78 is 7.61. The summed E-state index contributed by atoms with van der Waals surface area (Å²) in [6, 6.07) is 5.62. The molecular weight excluding hydrogens is 264 g/mol. The van der Waals surface area contributed by atoms with E-state index >= 15 is 0 Å². The number of hydrogen-bond donors (Lipinski definition) is 0. The maximum atomic E-state index is 12.2. The largest absolute Gasteiger partial charge is 0.481 e. The fraction of sp³-hybridized carbons (Fsp3) is 0.286. The molecule has 1 unspecified atom stereocenters. The predicted molar refractivity (Wildman–Crippen MR) is 71.7 cm³/mol. The van der Waals surface area contributed by atoms with Gasteiger partial charge >= 0.3 is 0 Å². The molecule has 2 aromatic rings. The molecule has 0 saturated heterocycles. The van der Waals surface area contributed by atoms with E-state index in [1.807, 2.05) is 32.2 Å². The number of carbonyl (C=O) groups excluding carboxylic acids is 1. The normalized spacial score (nSPS) is 18.1. The molecule has 0 spiro atoms. The number of benzene rings is 1. The van der Waals surface area contributed by atoms with Crippen LogP contribution in [0.4, 0.5) is 0 Å². The molecule has 0 N–H and O–H groups in total. The van der Waals surface area contributed by atoms with Gasteiger partial charge in [0.25, 0.3) is 0 Å². The summed E-state index contributed by atoms with van der Waals surface area (Å²) >= 11 is 5.97. The van der Waals surface area contributed by atoms with Crippen molar-refractivity contribution in [3.8, 4) is 5.75 Å². The Morgan fingerprint density at radius 3 is 2.95 bits per heavy atom. The summed E-state index contributed by atoms with van der Waals surface area (Å²) in [6.45, 7) is 1.96. The molecule has 1 aromatic heterocycles. The minimum atomic E-state index is -0.375. The van der Waals surface area contributed by atoms with Gasteiger partial charge in [-0.1, -0.05) is 23.2 Å². The SMILES string of the molecule is Cc1ccc2c(c1)C(=O)CC(c1ncc(Cl)n1C)O2. The predicted octanol–water partition coefficient (Wildman–Crippen LogP) is 3.09. The number of ketones is 1. The molecule has 0 bridgehead atoms. The number of aromatic nitrogens is 2. The Balaban J connectivity index is 1.99. The molecule has 1 aromatic carbocycles. The topological polar surface area (TPSA) is 44.1 Å². The van der Waals surface area contributed by atoms with Crippen LogP contribution in [0.5, 0.6) is 5.75 Å². The molecule has 98 valence electrons. The number of aryl methyl sites for hydroxylation is 1. The maximum Gasteiger partial charge on any atom is 0.170 e. The number of hydrogen-bond acceptors (Lipinski definition) is 3. The van der Waals surface area contributed by atoms with E-state index < -0.39 is 0 Å². The van der Waals surface area contributed by atoms with E-state index in [4.69, 9.17) is 16.3 Å². The minimum Gasteiger partial charge on any atom is -0.481 e. The lowest BCUT2D eigenvalue weighted by molar-refractivity contribution is 0.0835. The second kappa shape index (κ2) is 4.38. The third-order valence-electron chi connectivity index (χ3n) is 3.33. The number of Topliss-reactive ketones (excluding diaryl/α,β-unsaturated/α-hetero) is 1. The fourth-order valence-corrected chi connectivity index (χ4v) is 2.42. The average Bonchev–Trinajstić information content (AvgIpc) is 2.71.